The Morgan fingerprint density at radius 1 is 1.43 bits per heavy atom. The van der Waals surface area contributed by atoms with Crippen LogP contribution < -0.4 is 10.5 Å². The van der Waals surface area contributed by atoms with E-state index in [4.69, 9.17) is 5.14 Å². The zero-order chi connectivity index (χ0) is 15.8. The van der Waals surface area contributed by atoms with E-state index in [1.807, 2.05) is 0 Å². The Balaban J connectivity index is 2.24. The van der Waals surface area contributed by atoms with Crippen molar-refractivity contribution in [3.8, 4) is 0 Å². The first-order valence-corrected chi connectivity index (χ1v) is 8.06. The predicted molar refractivity (Wildman–Crippen MR) is 72.0 cm³/mol. The molecule has 1 saturated carbocycles. The lowest BCUT2D eigenvalue weighted by atomic mass is 10.1. The topological polar surface area (TPSA) is 89.3 Å². The molecule has 1 amide bonds. The van der Waals surface area contributed by atoms with Gasteiger partial charge in [0.1, 0.15) is 0 Å². The first kappa shape index (κ1) is 15.8. The number of amides is 1. The highest BCUT2D eigenvalue weighted by molar-refractivity contribution is 7.89. The maximum Gasteiger partial charge on any atom is 0.254 e. The van der Waals surface area contributed by atoms with Gasteiger partial charge in [0.25, 0.3) is 5.91 Å². The number of hydrogen-bond donors (Lipinski definition) is 2. The summed E-state index contributed by atoms with van der Waals surface area (Å²) in [6, 6.07) is 0.993. The third-order valence-electron chi connectivity index (χ3n) is 3.34. The molecule has 5 nitrogen and oxygen atoms in total. The van der Waals surface area contributed by atoms with Crippen LogP contribution in [-0.4, -0.2) is 20.4 Å². The van der Waals surface area contributed by atoms with Crippen LogP contribution in [0.4, 0.5) is 8.78 Å². The van der Waals surface area contributed by atoms with Gasteiger partial charge in [0.2, 0.25) is 10.0 Å². The fourth-order valence-electron chi connectivity index (χ4n) is 2.11. The molecule has 116 valence electrons. The molecule has 0 aromatic heterocycles. The standard InChI is InChI=1S/C13H16F2N2O3S/c1-7(4-8-2-3-8)17-13(18)10-5-9(21(16,19)20)6-11(14)12(10)15/h5-8H,2-4H2,1H3,(H,17,18)(H2,16,19,20). The molecule has 0 spiro atoms. The summed E-state index contributed by atoms with van der Waals surface area (Å²) in [5.41, 5.74) is -0.665. The lowest BCUT2D eigenvalue weighted by Gasteiger charge is -2.14. The number of carbonyl (C=O) groups is 1. The summed E-state index contributed by atoms with van der Waals surface area (Å²) in [6.07, 6.45) is 2.96. The molecule has 21 heavy (non-hydrogen) atoms. The molecular formula is C13H16F2N2O3S. The fourth-order valence-corrected chi connectivity index (χ4v) is 2.66. The molecular weight excluding hydrogens is 302 g/mol. The van der Waals surface area contributed by atoms with Gasteiger partial charge in [-0.2, -0.15) is 0 Å². The number of benzene rings is 1. The zero-order valence-corrected chi connectivity index (χ0v) is 12.2. The van der Waals surface area contributed by atoms with Crippen molar-refractivity contribution < 1.29 is 22.0 Å². The molecule has 0 saturated heterocycles. The van der Waals surface area contributed by atoms with Gasteiger partial charge < -0.3 is 5.32 Å². The van der Waals surface area contributed by atoms with Crippen LogP contribution in [0.1, 0.15) is 36.5 Å². The number of halogens is 2. The van der Waals surface area contributed by atoms with Gasteiger partial charge in [-0.15, -0.1) is 0 Å². The average Bonchev–Trinajstić information content (AvgIpc) is 3.14. The Hall–Kier alpha value is -1.54. The highest BCUT2D eigenvalue weighted by atomic mass is 32.2. The van der Waals surface area contributed by atoms with E-state index in [0.29, 0.717) is 12.0 Å². The minimum Gasteiger partial charge on any atom is -0.349 e. The number of rotatable bonds is 5. The number of carbonyl (C=O) groups excluding carboxylic acids is 1. The monoisotopic (exact) mass is 318 g/mol. The summed E-state index contributed by atoms with van der Waals surface area (Å²) in [6.45, 7) is 1.76. The Morgan fingerprint density at radius 3 is 2.57 bits per heavy atom. The van der Waals surface area contributed by atoms with Gasteiger partial charge in [-0.1, -0.05) is 12.8 Å². The van der Waals surface area contributed by atoms with Gasteiger partial charge in [0.15, 0.2) is 11.6 Å². The quantitative estimate of drug-likeness (QED) is 0.863. The number of hydrogen-bond acceptors (Lipinski definition) is 3. The fraction of sp³-hybridized carbons (Fsp3) is 0.462. The summed E-state index contributed by atoms with van der Waals surface area (Å²) in [5.74, 6) is -3.12. The lowest BCUT2D eigenvalue weighted by molar-refractivity contribution is 0.0932. The molecule has 1 aromatic rings. The number of nitrogens with one attached hydrogen (secondary N) is 1. The first-order chi connectivity index (χ1) is 9.68. The largest absolute Gasteiger partial charge is 0.349 e. The van der Waals surface area contributed by atoms with Crippen LogP contribution in [0.3, 0.4) is 0 Å². The van der Waals surface area contributed by atoms with Crippen molar-refractivity contribution >= 4 is 15.9 Å². The Kier molecular flexibility index (Phi) is 4.29. The van der Waals surface area contributed by atoms with E-state index in [-0.39, 0.29) is 6.04 Å². The highest BCUT2D eigenvalue weighted by Crippen LogP contribution is 2.33. The van der Waals surface area contributed by atoms with Gasteiger partial charge in [-0.3, -0.25) is 4.79 Å². The Bertz CT molecular complexity index is 672. The van der Waals surface area contributed by atoms with E-state index in [0.717, 1.165) is 25.3 Å². The first-order valence-electron chi connectivity index (χ1n) is 6.51. The molecule has 1 unspecified atom stereocenters. The third-order valence-corrected chi connectivity index (χ3v) is 4.23. The van der Waals surface area contributed by atoms with Gasteiger partial charge in [-0.25, -0.2) is 22.3 Å². The Morgan fingerprint density at radius 2 is 2.05 bits per heavy atom. The van der Waals surface area contributed by atoms with Crippen LogP contribution in [-0.2, 0) is 10.0 Å². The average molecular weight is 318 g/mol. The van der Waals surface area contributed by atoms with Crippen molar-refractivity contribution in [1.82, 2.24) is 5.32 Å². The van der Waals surface area contributed by atoms with E-state index < -0.39 is 38.0 Å². The minimum atomic E-state index is -4.22. The van der Waals surface area contributed by atoms with Crippen molar-refractivity contribution in [2.24, 2.45) is 11.1 Å². The normalized spacial score (nSPS) is 16.6. The number of sulfonamides is 1. The maximum atomic E-state index is 13.7. The number of nitrogens with two attached hydrogens (primary N) is 1. The molecule has 0 aliphatic heterocycles. The zero-order valence-electron chi connectivity index (χ0n) is 11.4. The van der Waals surface area contributed by atoms with Crippen molar-refractivity contribution in [3.63, 3.8) is 0 Å². The Labute approximate surface area is 121 Å². The van der Waals surface area contributed by atoms with Crippen LogP contribution in [0.15, 0.2) is 17.0 Å². The van der Waals surface area contributed by atoms with Crippen LogP contribution >= 0.6 is 0 Å². The smallest absolute Gasteiger partial charge is 0.254 e. The van der Waals surface area contributed by atoms with Crippen molar-refractivity contribution in [2.45, 2.75) is 37.1 Å². The van der Waals surface area contributed by atoms with E-state index in [9.17, 15) is 22.0 Å². The van der Waals surface area contributed by atoms with Gasteiger partial charge in [0, 0.05) is 6.04 Å². The summed E-state index contributed by atoms with van der Waals surface area (Å²) in [7, 11) is -4.22. The molecule has 1 aliphatic carbocycles. The lowest BCUT2D eigenvalue weighted by Crippen LogP contribution is -2.33. The molecule has 1 aliphatic rings. The van der Waals surface area contributed by atoms with Crippen LogP contribution in [0, 0.1) is 17.6 Å². The molecule has 1 fully saturated rings. The molecule has 0 radical (unpaired) electrons. The van der Waals surface area contributed by atoms with Crippen molar-refractivity contribution in [1.29, 1.82) is 0 Å². The molecule has 2 rings (SSSR count). The summed E-state index contributed by atoms with van der Waals surface area (Å²) in [4.78, 5) is 11.3. The van der Waals surface area contributed by atoms with E-state index in [2.05, 4.69) is 5.32 Å². The molecule has 1 aromatic carbocycles. The van der Waals surface area contributed by atoms with Crippen molar-refractivity contribution in [2.75, 3.05) is 0 Å². The van der Waals surface area contributed by atoms with Gasteiger partial charge in [-0.05, 0) is 31.4 Å². The summed E-state index contributed by atoms with van der Waals surface area (Å²) >= 11 is 0. The molecule has 8 heteroatoms. The second-order valence-electron chi connectivity index (χ2n) is 5.37. The highest BCUT2D eigenvalue weighted by Gasteiger charge is 2.26. The second-order valence-corrected chi connectivity index (χ2v) is 6.93. The molecule has 1 atom stereocenters. The van der Waals surface area contributed by atoms with Crippen LogP contribution in [0.5, 0.6) is 0 Å². The molecule has 3 N–H and O–H groups in total. The molecule has 0 heterocycles. The third kappa shape index (κ3) is 3.98. The van der Waals surface area contributed by atoms with E-state index in [1.54, 1.807) is 6.92 Å². The summed E-state index contributed by atoms with van der Waals surface area (Å²) in [5, 5.41) is 7.40. The second kappa shape index (κ2) is 5.69. The van der Waals surface area contributed by atoms with Crippen LogP contribution in [0.2, 0.25) is 0 Å². The SMILES string of the molecule is CC(CC1CC1)NC(=O)c1cc(S(N)(=O)=O)cc(F)c1F. The summed E-state index contributed by atoms with van der Waals surface area (Å²) < 4.78 is 49.5. The minimum absolute atomic E-state index is 0.203. The number of primary sulfonamides is 1. The van der Waals surface area contributed by atoms with E-state index in [1.165, 1.54) is 0 Å². The van der Waals surface area contributed by atoms with Crippen molar-refractivity contribution in [3.05, 3.63) is 29.3 Å². The van der Waals surface area contributed by atoms with Gasteiger partial charge in [0.05, 0.1) is 10.5 Å². The van der Waals surface area contributed by atoms with Gasteiger partial charge >= 0.3 is 0 Å². The molecule has 0 bridgehead atoms. The van der Waals surface area contributed by atoms with E-state index >= 15 is 0 Å². The van der Waals surface area contributed by atoms with Crippen LogP contribution in [0.25, 0.3) is 0 Å². The maximum absolute atomic E-state index is 13.7. The predicted octanol–water partition coefficient (Wildman–Crippen LogP) is 1.53.